The maximum absolute atomic E-state index is 14.9. The molecule has 3 aromatic heterocycles. The quantitative estimate of drug-likeness (QED) is 0.377. The Bertz CT molecular complexity index is 1470. The fourth-order valence-corrected chi connectivity index (χ4v) is 5.30. The van der Waals surface area contributed by atoms with E-state index in [1.54, 1.807) is 30.5 Å². The maximum Gasteiger partial charge on any atom is 0.234 e. The molecule has 9 heteroatoms. The van der Waals surface area contributed by atoms with Gasteiger partial charge >= 0.3 is 0 Å². The van der Waals surface area contributed by atoms with Crippen molar-refractivity contribution in [1.82, 2.24) is 24.5 Å². The van der Waals surface area contributed by atoms with Gasteiger partial charge in [0.15, 0.2) is 5.65 Å². The molecule has 0 radical (unpaired) electrons. The Balaban J connectivity index is 1.78. The Morgan fingerprint density at radius 1 is 1.17 bits per heavy atom. The number of fused-ring (bicyclic) bond motifs is 1. The Labute approximate surface area is 213 Å². The molecule has 0 saturated heterocycles. The molecule has 4 aromatic rings. The summed E-state index contributed by atoms with van der Waals surface area (Å²) in [6.07, 6.45) is 7.44. The molecule has 1 atom stereocenters. The Hall–Kier alpha value is -3.41. The molecule has 1 unspecified atom stereocenters. The van der Waals surface area contributed by atoms with Gasteiger partial charge in [0.2, 0.25) is 5.82 Å². The maximum atomic E-state index is 14.9. The molecule has 0 spiro atoms. The van der Waals surface area contributed by atoms with Gasteiger partial charge in [-0.15, -0.1) is 0 Å². The largest absolute Gasteiger partial charge is 0.377 e. The summed E-state index contributed by atoms with van der Waals surface area (Å²) in [5.74, 6) is 0.675. The van der Waals surface area contributed by atoms with Gasteiger partial charge in [-0.2, -0.15) is 10.2 Å². The van der Waals surface area contributed by atoms with Crippen molar-refractivity contribution in [1.29, 1.82) is 5.26 Å². The molecule has 0 amide bonds. The highest BCUT2D eigenvalue weighted by molar-refractivity contribution is 6.30. The van der Waals surface area contributed by atoms with E-state index in [-0.39, 0.29) is 22.9 Å². The van der Waals surface area contributed by atoms with Crippen LogP contribution in [-0.4, -0.2) is 29.6 Å². The van der Waals surface area contributed by atoms with Crippen molar-refractivity contribution in [3.8, 4) is 17.3 Å². The third-order valence-corrected chi connectivity index (χ3v) is 7.30. The predicted molar refractivity (Wildman–Crippen MR) is 134 cm³/mol. The highest BCUT2D eigenvalue weighted by Gasteiger charge is 2.36. The first kappa shape index (κ1) is 24.3. The van der Waals surface area contributed by atoms with Gasteiger partial charge in [0.25, 0.3) is 0 Å². The lowest BCUT2D eigenvalue weighted by molar-refractivity contribution is 0.0826. The molecular weight excluding hydrogens is 479 g/mol. The number of nitrogens with zero attached hydrogens (tertiary/aromatic N) is 6. The summed E-state index contributed by atoms with van der Waals surface area (Å²) in [6, 6.07) is 9.83. The summed E-state index contributed by atoms with van der Waals surface area (Å²) in [5, 5.41) is 21.8. The highest BCUT2D eigenvalue weighted by atomic mass is 35.5. The molecule has 0 aliphatic heterocycles. The zero-order chi connectivity index (χ0) is 25.4. The number of benzene rings is 1. The Morgan fingerprint density at radius 3 is 2.61 bits per heavy atom. The average Bonchev–Trinajstić information content (AvgIpc) is 3.24. The zero-order valence-electron chi connectivity index (χ0n) is 20.1. The first-order chi connectivity index (χ1) is 17.3. The second kappa shape index (κ2) is 9.57. The third-order valence-electron chi connectivity index (χ3n) is 7.09. The smallest absolute Gasteiger partial charge is 0.234 e. The van der Waals surface area contributed by atoms with Crippen LogP contribution in [0.1, 0.15) is 56.7 Å². The van der Waals surface area contributed by atoms with E-state index < -0.39 is 11.4 Å². The number of hydrogen-bond donors (Lipinski definition) is 1. The van der Waals surface area contributed by atoms with Crippen molar-refractivity contribution in [2.75, 3.05) is 0 Å². The fourth-order valence-electron chi connectivity index (χ4n) is 5.12. The van der Waals surface area contributed by atoms with E-state index in [4.69, 9.17) is 16.6 Å². The minimum atomic E-state index is -1.76. The third kappa shape index (κ3) is 4.45. The first-order valence-electron chi connectivity index (χ1n) is 12.0. The van der Waals surface area contributed by atoms with Crippen molar-refractivity contribution >= 4 is 22.8 Å². The first-order valence-corrected chi connectivity index (χ1v) is 12.4. The van der Waals surface area contributed by atoms with Gasteiger partial charge < -0.3 is 9.67 Å². The minimum absolute atomic E-state index is 0.0642. The molecule has 1 fully saturated rings. The number of pyridine rings is 1. The average molecular weight is 505 g/mol. The van der Waals surface area contributed by atoms with Crippen molar-refractivity contribution in [2.45, 2.75) is 51.7 Å². The van der Waals surface area contributed by atoms with Crippen LogP contribution in [0.15, 0.2) is 42.7 Å². The summed E-state index contributed by atoms with van der Waals surface area (Å²) in [6.45, 7) is 4.35. The van der Waals surface area contributed by atoms with E-state index in [1.165, 1.54) is 19.2 Å². The molecule has 1 aromatic carbocycles. The molecule has 3 heterocycles. The van der Waals surface area contributed by atoms with Crippen molar-refractivity contribution in [2.24, 2.45) is 11.8 Å². The summed E-state index contributed by atoms with van der Waals surface area (Å²) in [7, 11) is 0. The normalized spacial score (nSPS) is 19.7. The summed E-state index contributed by atoms with van der Waals surface area (Å²) in [4.78, 5) is 17.7. The van der Waals surface area contributed by atoms with Crippen LogP contribution in [0.25, 0.3) is 22.4 Å². The number of halogens is 2. The monoisotopic (exact) mass is 504 g/mol. The van der Waals surface area contributed by atoms with E-state index in [1.807, 2.05) is 10.6 Å². The molecular formula is C27H26ClFN6O. The summed E-state index contributed by atoms with van der Waals surface area (Å²) < 4.78 is 16.8. The van der Waals surface area contributed by atoms with Crippen LogP contribution < -0.4 is 0 Å². The number of aromatic nitrogens is 5. The molecule has 7 nitrogen and oxygen atoms in total. The molecule has 1 aliphatic carbocycles. The molecule has 1 aliphatic rings. The van der Waals surface area contributed by atoms with Crippen LogP contribution in [0.5, 0.6) is 0 Å². The highest BCUT2D eigenvalue weighted by Crippen LogP contribution is 2.38. The topological polar surface area (TPSA) is 101 Å². The lowest BCUT2D eigenvalue weighted by Crippen LogP contribution is -2.30. The lowest BCUT2D eigenvalue weighted by atomic mass is 9.83. The summed E-state index contributed by atoms with van der Waals surface area (Å²) >= 11 is 6.23. The van der Waals surface area contributed by atoms with E-state index >= 15 is 0 Å². The van der Waals surface area contributed by atoms with Gasteiger partial charge in [0, 0.05) is 30.1 Å². The minimum Gasteiger partial charge on any atom is -0.377 e. The van der Waals surface area contributed by atoms with Gasteiger partial charge in [-0.05, 0) is 43.7 Å². The van der Waals surface area contributed by atoms with Gasteiger partial charge in [0.1, 0.15) is 34.5 Å². The van der Waals surface area contributed by atoms with E-state index in [9.17, 15) is 14.8 Å². The van der Waals surface area contributed by atoms with E-state index in [0.717, 1.165) is 25.7 Å². The van der Waals surface area contributed by atoms with Gasteiger partial charge in [-0.1, -0.05) is 49.6 Å². The Morgan fingerprint density at radius 2 is 1.92 bits per heavy atom. The van der Waals surface area contributed by atoms with Crippen molar-refractivity contribution in [3.63, 3.8) is 0 Å². The van der Waals surface area contributed by atoms with Crippen LogP contribution in [0.4, 0.5) is 4.39 Å². The lowest BCUT2D eigenvalue weighted by Gasteiger charge is -2.30. The second-order valence-corrected chi connectivity index (χ2v) is 10.2. The molecule has 1 saturated carbocycles. The van der Waals surface area contributed by atoms with E-state index in [0.29, 0.717) is 40.2 Å². The van der Waals surface area contributed by atoms with Gasteiger partial charge in [0.05, 0.1) is 5.02 Å². The molecule has 5 rings (SSSR count). The van der Waals surface area contributed by atoms with Crippen LogP contribution >= 0.6 is 11.6 Å². The van der Waals surface area contributed by atoms with Crippen LogP contribution in [-0.2, 0) is 12.1 Å². The fraction of sp³-hybridized carbons (Fsp3) is 0.370. The summed E-state index contributed by atoms with van der Waals surface area (Å²) in [5.41, 5.74) is 0.208. The van der Waals surface area contributed by atoms with Crippen molar-refractivity contribution < 1.29 is 9.50 Å². The van der Waals surface area contributed by atoms with Crippen LogP contribution in [0, 0.1) is 29.0 Å². The number of imidazole rings is 1. The predicted octanol–water partition coefficient (Wildman–Crippen LogP) is 5.63. The number of rotatable bonds is 5. The molecule has 0 bridgehead atoms. The van der Waals surface area contributed by atoms with Crippen LogP contribution in [0.2, 0.25) is 5.02 Å². The van der Waals surface area contributed by atoms with Crippen LogP contribution in [0.3, 0.4) is 0 Å². The van der Waals surface area contributed by atoms with Gasteiger partial charge in [-0.25, -0.2) is 14.4 Å². The number of aliphatic hydroxyl groups is 1. The molecule has 1 N–H and O–H groups in total. The van der Waals surface area contributed by atoms with Crippen molar-refractivity contribution in [3.05, 3.63) is 70.8 Å². The Kier molecular flexibility index (Phi) is 6.45. The SMILES string of the molecule is CC(O)(c1ccccc1F)c1nc2nc(C#N)nc(-c3cncc(Cl)c3)c2n1C[C@H]1CC[C@H](C)CC1. The number of hydrogen-bond acceptors (Lipinski definition) is 6. The molecule has 184 valence electrons. The second-order valence-electron chi connectivity index (χ2n) is 9.80. The molecule has 36 heavy (non-hydrogen) atoms. The zero-order valence-corrected chi connectivity index (χ0v) is 20.9. The van der Waals surface area contributed by atoms with E-state index in [2.05, 4.69) is 21.9 Å². The standard InChI is InChI=1S/C27H26ClFN6O/c1-16-7-9-17(10-8-16)15-35-24-23(18-11-19(28)14-31-13-18)32-22(12-30)33-25(24)34-26(35)27(2,36)20-5-3-4-6-21(20)29/h3-6,11,13-14,16-17,36H,7-10,15H2,1-2H3/t16-,17-,27?. The van der Waals surface area contributed by atoms with Gasteiger partial charge in [-0.3, -0.25) is 4.98 Å². The number of nitriles is 1.